The van der Waals surface area contributed by atoms with E-state index in [9.17, 15) is 0 Å². The van der Waals surface area contributed by atoms with E-state index in [4.69, 9.17) is 5.73 Å². The highest BCUT2D eigenvalue weighted by Gasteiger charge is 2.26. The topological polar surface area (TPSA) is 38.9 Å². The van der Waals surface area contributed by atoms with E-state index in [0.29, 0.717) is 12.0 Å². The minimum atomic E-state index is 0.438. The normalized spacial score (nSPS) is 29.5. The van der Waals surface area contributed by atoms with Gasteiger partial charge in [-0.05, 0) is 36.5 Å². The fourth-order valence-corrected chi connectivity index (χ4v) is 1.57. The molecule has 0 amide bonds. The predicted molar refractivity (Wildman–Crippen MR) is 44.2 cm³/mol. The predicted octanol–water partition coefficient (Wildman–Crippen LogP) is 1.29. The van der Waals surface area contributed by atoms with Gasteiger partial charge in [0.15, 0.2) is 0 Å². The number of nitrogens with two attached hydrogens (primary N) is 1. The molecule has 11 heavy (non-hydrogen) atoms. The quantitative estimate of drug-likeness (QED) is 0.651. The van der Waals surface area contributed by atoms with E-state index < -0.39 is 0 Å². The van der Waals surface area contributed by atoms with Crippen LogP contribution in [0.5, 0.6) is 0 Å². The molecule has 0 radical (unpaired) electrons. The molecule has 1 aromatic heterocycles. The molecule has 0 saturated heterocycles. The number of hydrogen-bond acceptors (Lipinski definition) is 2. The van der Waals surface area contributed by atoms with Crippen LogP contribution in [-0.4, -0.2) is 11.0 Å². The minimum absolute atomic E-state index is 0.438. The zero-order valence-corrected chi connectivity index (χ0v) is 6.40. The fraction of sp³-hybridized carbons (Fsp3) is 0.444. The maximum absolute atomic E-state index is 5.69. The van der Waals surface area contributed by atoms with Crippen LogP contribution in [0.15, 0.2) is 24.5 Å². The number of nitrogens with zero attached hydrogens (tertiary/aromatic N) is 1. The van der Waals surface area contributed by atoms with Crippen molar-refractivity contribution in [1.29, 1.82) is 0 Å². The average Bonchev–Trinajstić information content (AvgIpc) is 2.01. The first-order chi connectivity index (χ1) is 5.36. The highest BCUT2D eigenvalue weighted by Crippen LogP contribution is 2.34. The Morgan fingerprint density at radius 2 is 1.91 bits per heavy atom. The van der Waals surface area contributed by atoms with Crippen molar-refractivity contribution < 1.29 is 0 Å². The summed E-state index contributed by atoms with van der Waals surface area (Å²) in [5.74, 6) is 0.702. The summed E-state index contributed by atoms with van der Waals surface area (Å²) in [6, 6.07) is 4.60. The van der Waals surface area contributed by atoms with Crippen LogP contribution >= 0.6 is 0 Å². The molecule has 0 unspecified atom stereocenters. The van der Waals surface area contributed by atoms with Crippen LogP contribution in [0.25, 0.3) is 0 Å². The zero-order chi connectivity index (χ0) is 7.68. The van der Waals surface area contributed by atoms with Crippen molar-refractivity contribution in [3.63, 3.8) is 0 Å². The first kappa shape index (κ1) is 6.80. The second kappa shape index (κ2) is 2.62. The van der Waals surface area contributed by atoms with Crippen molar-refractivity contribution in [2.75, 3.05) is 0 Å². The van der Waals surface area contributed by atoms with E-state index in [2.05, 4.69) is 17.1 Å². The smallest absolute Gasteiger partial charge is 0.0270 e. The van der Waals surface area contributed by atoms with Crippen LogP contribution in [-0.2, 0) is 0 Å². The van der Waals surface area contributed by atoms with E-state index >= 15 is 0 Å². The lowest BCUT2D eigenvalue weighted by Gasteiger charge is -2.32. The van der Waals surface area contributed by atoms with E-state index in [1.54, 1.807) is 0 Å². The Morgan fingerprint density at radius 1 is 1.27 bits per heavy atom. The number of aromatic nitrogens is 1. The van der Waals surface area contributed by atoms with Gasteiger partial charge in [-0.1, -0.05) is 0 Å². The minimum Gasteiger partial charge on any atom is -0.328 e. The largest absolute Gasteiger partial charge is 0.328 e. The van der Waals surface area contributed by atoms with Crippen LogP contribution in [0.4, 0.5) is 0 Å². The van der Waals surface area contributed by atoms with Gasteiger partial charge in [-0.3, -0.25) is 4.98 Å². The molecule has 2 rings (SSSR count). The molecule has 1 saturated carbocycles. The van der Waals surface area contributed by atoms with Crippen molar-refractivity contribution in [2.24, 2.45) is 5.73 Å². The van der Waals surface area contributed by atoms with E-state index in [1.165, 1.54) is 5.56 Å². The van der Waals surface area contributed by atoms with Gasteiger partial charge in [-0.15, -0.1) is 0 Å². The molecular weight excluding hydrogens is 136 g/mol. The van der Waals surface area contributed by atoms with Gasteiger partial charge in [0.25, 0.3) is 0 Å². The summed E-state index contributed by atoms with van der Waals surface area (Å²) in [6.07, 6.45) is 5.98. The molecule has 0 aromatic carbocycles. The molecule has 0 aliphatic heterocycles. The molecule has 0 spiro atoms. The van der Waals surface area contributed by atoms with Crippen molar-refractivity contribution in [3.8, 4) is 0 Å². The maximum atomic E-state index is 5.69. The highest BCUT2D eigenvalue weighted by atomic mass is 14.7. The van der Waals surface area contributed by atoms with Crippen molar-refractivity contribution >= 4 is 0 Å². The van der Waals surface area contributed by atoms with Crippen LogP contribution in [0.3, 0.4) is 0 Å². The van der Waals surface area contributed by atoms with Gasteiger partial charge in [0, 0.05) is 18.4 Å². The second-order valence-electron chi connectivity index (χ2n) is 3.21. The molecule has 1 aliphatic carbocycles. The third kappa shape index (κ3) is 1.26. The van der Waals surface area contributed by atoms with E-state index in [-0.39, 0.29) is 0 Å². The van der Waals surface area contributed by atoms with Gasteiger partial charge < -0.3 is 5.73 Å². The van der Waals surface area contributed by atoms with Crippen LogP contribution in [0.2, 0.25) is 0 Å². The summed E-state index contributed by atoms with van der Waals surface area (Å²) in [6.45, 7) is 0. The molecule has 2 nitrogen and oxygen atoms in total. The highest BCUT2D eigenvalue weighted by molar-refractivity contribution is 5.19. The number of pyridine rings is 1. The molecule has 0 bridgehead atoms. The van der Waals surface area contributed by atoms with Crippen LogP contribution in [0, 0.1) is 0 Å². The fourth-order valence-electron chi connectivity index (χ4n) is 1.57. The lowest BCUT2D eigenvalue weighted by atomic mass is 9.77. The van der Waals surface area contributed by atoms with Gasteiger partial charge in [-0.2, -0.15) is 0 Å². The second-order valence-corrected chi connectivity index (χ2v) is 3.21. The summed E-state index contributed by atoms with van der Waals surface area (Å²) in [4.78, 5) is 3.97. The molecule has 2 heteroatoms. The third-order valence-corrected chi connectivity index (χ3v) is 2.35. The van der Waals surface area contributed by atoms with E-state index in [1.807, 2.05) is 12.4 Å². The Hall–Kier alpha value is -0.890. The SMILES string of the molecule is NC1CC(c2ccncc2)C1. The Morgan fingerprint density at radius 3 is 2.45 bits per heavy atom. The Kier molecular flexibility index (Phi) is 1.62. The first-order valence-electron chi connectivity index (χ1n) is 4.02. The molecule has 1 aliphatic rings. The average molecular weight is 148 g/mol. The summed E-state index contributed by atoms with van der Waals surface area (Å²) >= 11 is 0. The van der Waals surface area contributed by atoms with Crippen molar-refractivity contribution in [1.82, 2.24) is 4.98 Å². The standard InChI is InChI=1S/C9H12N2/c10-9-5-8(6-9)7-1-3-11-4-2-7/h1-4,8-9H,5-6,10H2. The van der Waals surface area contributed by atoms with Gasteiger partial charge in [-0.25, -0.2) is 0 Å². The molecule has 0 atom stereocenters. The molecular formula is C9H12N2. The molecule has 1 aromatic rings. The summed E-state index contributed by atoms with van der Waals surface area (Å²) in [5.41, 5.74) is 7.08. The lowest BCUT2D eigenvalue weighted by Crippen LogP contribution is -2.34. The number of hydrogen-bond donors (Lipinski definition) is 1. The Labute approximate surface area is 66.4 Å². The summed E-state index contributed by atoms with van der Waals surface area (Å²) in [7, 11) is 0. The summed E-state index contributed by atoms with van der Waals surface area (Å²) < 4.78 is 0. The monoisotopic (exact) mass is 148 g/mol. The number of rotatable bonds is 1. The molecule has 1 heterocycles. The zero-order valence-electron chi connectivity index (χ0n) is 6.40. The van der Waals surface area contributed by atoms with Gasteiger partial charge >= 0.3 is 0 Å². The molecule has 58 valence electrons. The lowest BCUT2D eigenvalue weighted by molar-refractivity contribution is 0.351. The molecule has 1 fully saturated rings. The van der Waals surface area contributed by atoms with Gasteiger partial charge in [0.05, 0.1) is 0 Å². The Bertz CT molecular complexity index is 227. The van der Waals surface area contributed by atoms with E-state index in [0.717, 1.165) is 12.8 Å². The molecule has 2 N–H and O–H groups in total. The maximum Gasteiger partial charge on any atom is 0.0270 e. The van der Waals surface area contributed by atoms with Crippen LogP contribution in [0.1, 0.15) is 24.3 Å². The summed E-state index contributed by atoms with van der Waals surface area (Å²) in [5, 5.41) is 0. The van der Waals surface area contributed by atoms with Gasteiger partial charge in [0.1, 0.15) is 0 Å². The Balaban J connectivity index is 2.08. The van der Waals surface area contributed by atoms with Crippen LogP contribution < -0.4 is 5.73 Å². The van der Waals surface area contributed by atoms with Gasteiger partial charge in [0.2, 0.25) is 0 Å². The van der Waals surface area contributed by atoms with Crippen molar-refractivity contribution in [2.45, 2.75) is 24.8 Å². The third-order valence-electron chi connectivity index (χ3n) is 2.35. The first-order valence-corrected chi connectivity index (χ1v) is 4.02. The van der Waals surface area contributed by atoms with Crippen molar-refractivity contribution in [3.05, 3.63) is 30.1 Å².